The molecule has 0 heterocycles. The Hall–Kier alpha value is -0.860. The summed E-state index contributed by atoms with van der Waals surface area (Å²) in [7, 11) is 0. The van der Waals surface area contributed by atoms with Gasteiger partial charge in [-0.3, -0.25) is 5.41 Å². The van der Waals surface area contributed by atoms with Crippen LogP contribution >= 0.6 is 0 Å². The van der Waals surface area contributed by atoms with Crippen LogP contribution in [0.5, 0.6) is 0 Å². The number of aldehydes is 1. The molecule has 0 amide bonds. The van der Waals surface area contributed by atoms with Gasteiger partial charge in [-0.05, 0) is 0 Å². The molecule has 0 bridgehead atoms. The molecule has 0 aliphatic heterocycles. The zero-order valence-corrected chi connectivity index (χ0v) is 3.27. The quantitative estimate of drug-likeness (QED) is 0.270. The van der Waals surface area contributed by atoms with Crippen molar-refractivity contribution in [1.82, 2.24) is 0 Å². The Morgan fingerprint density at radius 3 is 2.50 bits per heavy atom. The highest BCUT2D eigenvalue weighted by atomic mass is 16.1. The Bertz CT molecular complexity index is 69.2. The Balaban J connectivity index is 3.05. The van der Waals surface area contributed by atoms with Crippen LogP contribution in [0.3, 0.4) is 0 Å². The van der Waals surface area contributed by atoms with Gasteiger partial charge in [-0.1, -0.05) is 0 Å². The van der Waals surface area contributed by atoms with Crippen LogP contribution in [0.15, 0.2) is 0 Å². The average molecular weight is 86.1 g/mol. The van der Waals surface area contributed by atoms with E-state index in [4.69, 9.17) is 11.1 Å². The van der Waals surface area contributed by atoms with Gasteiger partial charge in [0, 0.05) is 0 Å². The van der Waals surface area contributed by atoms with Gasteiger partial charge in [-0.25, -0.2) is 0 Å². The van der Waals surface area contributed by atoms with E-state index in [0.717, 1.165) is 0 Å². The lowest BCUT2D eigenvalue weighted by Gasteiger charge is -1.78. The van der Waals surface area contributed by atoms with Gasteiger partial charge in [0.2, 0.25) is 0 Å². The van der Waals surface area contributed by atoms with Crippen molar-refractivity contribution in [3.05, 3.63) is 0 Å². The first kappa shape index (κ1) is 5.14. The summed E-state index contributed by atoms with van der Waals surface area (Å²) in [6.45, 7) is 0. The molecule has 0 radical (unpaired) electrons. The van der Waals surface area contributed by atoms with Crippen LogP contribution in [0.4, 0.5) is 0 Å². The van der Waals surface area contributed by atoms with Gasteiger partial charge in [0.25, 0.3) is 0 Å². The fraction of sp³-hybridized carbons (Fsp3) is 0.333. The summed E-state index contributed by atoms with van der Waals surface area (Å²) in [4.78, 5) is 9.39. The van der Waals surface area contributed by atoms with Crippen molar-refractivity contribution in [3.63, 3.8) is 0 Å². The molecule has 0 unspecified atom stereocenters. The maximum absolute atomic E-state index is 9.39. The van der Waals surface area contributed by atoms with Crippen LogP contribution in [0.1, 0.15) is 6.42 Å². The third-order valence-corrected chi connectivity index (χ3v) is 0.303. The van der Waals surface area contributed by atoms with E-state index in [0.29, 0.717) is 6.29 Å². The first-order valence-electron chi connectivity index (χ1n) is 1.54. The number of carbonyl (C=O) groups excluding carboxylic acids is 1. The molecule has 0 spiro atoms. The van der Waals surface area contributed by atoms with Gasteiger partial charge in [-0.15, -0.1) is 0 Å². The first-order chi connectivity index (χ1) is 2.77. The Labute approximate surface area is 35.7 Å². The standard InChI is InChI=1S/C3H6N2O/c4-3(5)1-2-6/h2H,1H2,(H3,4,5). The molecular formula is C3H6N2O. The van der Waals surface area contributed by atoms with Gasteiger partial charge in [0.05, 0.1) is 12.3 Å². The van der Waals surface area contributed by atoms with Crippen molar-refractivity contribution in [1.29, 1.82) is 5.41 Å². The maximum atomic E-state index is 9.39. The van der Waals surface area contributed by atoms with Crippen molar-refractivity contribution in [2.75, 3.05) is 0 Å². The Morgan fingerprint density at radius 2 is 2.50 bits per heavy atom. The second kappa shape index (κ2) is 2.38. The predicted octanol–water partition coefficient (Wildman–Crippen LogP) is -0.489. The van der Waals surface area contributed by atoms with E-state index in [1.165, 1.54) is 0 Å². The normalized spacial score (nSPS) is 7.33. The third-order valence-electron chi connectivity index (χ3n) is 0.303. The van der Waals surface area contributed by atoms with Gasteiger partial charge >= 0.3 is 0 Å². The molecule has 3 nitrogen and oxygen atoms in total. The lowest BCUT2D eigenvalue weighted by atomic mass is 10.5. The van der Waals surface area contributed by atoms with E-state index in [1.54, 1.807) is 0 Å². The fourth-order valence-electron chi connectivity index (χ4n) is 0.0898. The first-order valence-corrected chi connectivity index (χ1v) is 1.54. The number of nitrogens with two attached hydrogens (primary N) is 1. The van der Waals surface area contributed by atoms with Crippen molar-refractivity contribution >= 4 is 12.1 Å². The lowest BCUT2D eigenvalue weighted by molar-refractivity contribution is -0.106. The summed E-state index contributed by atoms with van der Waals surface area (Å²) in [5.74, 6) is -0.0787. The number of amidine groups is 1. The van der Waals surface area contributed by atoms with Crippen LogP contribution < -0.4 is 5.73 Å². The molecule has 0 aliphatic carbocycles. The van der Waals surface area contributed by atoms with E-state index in [2.05, 4.69) is 0 Å². The van der Waals surface area contributed by atoms with Crippen LogP contribution in [0, 0.1) is 5.41 Å². The van der Waals surface area contributed by atoms with E-state index in [-0.39, 0.29) is 12.3 Å². The van der Waals surface area contributed by atoms with Crippen LogP contribution in [0.25, 0.3) is 0 Å². The van der Waals surface area contributed by atoms with E-state index >= 15 is 0 Å². The topological polar surface area (TPSA) is 66.9 Å². The number of hydrogen-bond acceptors (Lipinski definition) is 2. The molecule has 3 N–H and O–H groups in total. The highest BCUT2D eigenvalue weighted by molar-refractivity contribution is 5.88. The number of nitrogens with one attached hydrogen (secondary N) is 1. The summed E-state index contributed by atoms with van der Waals surface area (Å²) in [6.07, 6.45) is 0.655. The molecule has 6 heavy (non-hydrogen) atoms. The largest absolute Gasteiger partial charge is 0.387 e. The summed E-state index contributed by atoms with van der Waals surface area (Å²) in [5, 5.41) is 6.44. The second-order valence-electron chi connectivity index (χ2n) is 0.896. The summed E-state index contributed by atoms with van der Waals surface area (Å²) >= 11 is 0. The third kappa shape index (κ3) is 3.14. The highest BCUT2D eigenvalue weighted by Crippen LogP contribution is 1.61. The van der Waals surface area contributed by atoms with E-state index in [9.17, 15) is 4.79 Å². The van der Waals surface area contributed by atoms with Gasteiger partial charge in [0.1, 0.15) is 6.29 Å². The molecule has 34 valence electrons. The zero-order valence-electron chi connectivity index (χ0n) is 3.27. The molecule has 0 saturated heterocycles. The van der Waals surface area contributed by atoms with E-state index in [1.807, 2.05) is 0 Å². The Morgan fingerprint density at radius 1 is 2.00 bits per heavy atom. The lowest BCUT2D eigenvalue weighted by Crippen LogP contribution is -2.08. The summed E-state index contributed by atoms with van der Waals surface area (Å²) < 4.78 is 0. The van der Waals surface area contributed by atoms with E-state index < -0.39 is 0 Å². The molecule has 0 aliphatic rings. The minimum atomic E-state index is -0.0787. The molecule has 0 atom stereocenters. The zero-order chi connectivity index (χ0) is 4.99. The monoisotopic (exact) mass is 86.0 g/mol. The summed E-state index contributed by atoms with van der Waals surface area (Å²) in [5.41, 5.74) is 4.76. The number of hydrogen-bond donors (Lipinski definition) is 2. The van der Waals surface area contributed by atoms with Crippen LogP contribution in [-0.2, 0) is 4.79 Å². The maximum Gasteiger partial charge on any atom is 0.127 e. The fourth-order valence-corrected chi connectivity index (χ4v) is 0.0898. The molecule has 0 aromatic rings. The summed E-state index contributed by atoms with van der Waals surface area (Å²) in [6, 6.07) is 0. The minimum Gasteiger partial charge on any atom is -0.387 e. The molecule has 0 rings (SSSR count). The van der Waals surface area contributed by atoms with Crippen molar-refractivity contribution in [2.45, 2.75) is 6.42 Å². The number of carbonyl (C=O) groups is 1. The second-order valence-corrected chi connectivity index (χ2v) is 0.896. The molecule has 3 heteroatoms. The molecule has 0 fully saturated rings. The van der Waals surface area contributed by atoms with Crippen LogP contribution in [0.2, 0.25) is 0 Å². The molecule has 0 saturated carbocycles. The molecule has 0 aromatic heterocycles. The van der Waals surface area contributed by atoms with Crippen LogP contribution in [-0.4, -0.2) is 12.1 Å². The smallest absolute Gasteiger partial charge is 0.127 e. The SMILES string of the molecule is N=C(N)CC=O. The Kier molecular flexibility index (Phi) is 2.04. The van der Waals surface area contributed by atoms with Crippen molar-refractivity contribution in [2.24, 2.45) is 5.73 Å². The van der Waals surface area contributed by atoms with Gasteiger partial charge < -0.3 is 10.5 Å². The predicted molar refractivity (Wildman–Crippen MR) is 22.6 cm³/mol. The number of rotatable bonds is 2. The van der Waals surface area contributed by atoms with Crippen molar-refractivity contribution < 1.29 is 4.79 Å². The van der Waals surface area contributed by atoms with Gasteiger partial charge in [-0.2, -0.15) is 0 Å². The molecular weight excluding hydrogens is 80.0 g/mol. The minimum absolute atomic E-state index is 0.0556. The average Bonchev–Trinajstić information content (AvgIpc) is 1.35. The van der Waals surface area contributed by atoms with Crippen molar-refractivity contribution in [3.8, 4) is 0 Å². The molecule has 0 aromatic carbocycles. The van der Waals surface area contributed by atoms with Gasteiger partial charge in [0.15, 0.2) is 0 Å². The highest BCUT2D eigenvalue weighted by Gasteiger charge is 1.79.